The minimum absolute atomic E-state index is 0.565. The minimum Gasteiger partial charge on any atom is -0.381 e. The second-order valence-electron chi connectivity index (χ2n) is 4.12. The van der Waals surface area contributed by atoms with Gasteiger partial charge in [-0.1, -0.05) is 18.5 Å². The third kappa shape index (κ3) is 1.67. The van der Waals surface area contributed by atoms with Crippen LogP contribution in [0.4, 0.5) is 11.4 Å². The zero-order valence-electron chi connectivity index (χ0n) is 9.47. The van der Waals surface area contributed by atoms with Gasteiger partial charge < -0.3 is 10.2 Å². The largest absolute Gasteiger partial charge is 0.381 e. The van der Waals surface area contributed by atoms with Crippen LogP contribution in [-0.4, -0.2) is 19.6 Å². The average Bonchev–Trinajstić information content (AvgIpc) is 2.24. The van der Waals surface area contributed by atoms with Crippen LogP contribution >= 0.6 is 11.6 Å². The van der Waals surface area contributed by atoms with Gasteiger partial charge in [0.15, 0.2) is 0 Å². The van der Waals surface area contributed by atoms with E-state index in [-0.39, 0.29) is 0 Å². The molecule has 0 amide bonds. The number of hydrogen-bond donors (Lipinski definition) is 1. The van der Waals surface area contributed by atoms with Crippen molar-refractivity contribution < 1.29 is 0 Å². The van der Waals surface area contributed by atoms with E-state index in [0.717, 1.165) is 18.0 Å². The number of rotatable bonds is 1. The fourth-order valence-corrected chi connectivity index (χ4v) is 2.39. The number of nitrogens with one attached hydrogen (secondary N) is 1. The zero-order chi connectivity index (χ0) is 11.0. The molecule has 0 radical (unpaired) electrons. The fraction of sp³-hybridized carbons (Fsp3) is 0.500. The molecule has 0 spiro atoms. The summed E-state index contributed by atoms with van der Waals surface area (Å²) in [5, 5.41) is 4.31. The zero-order valence-corrected chi connectivity index (χ0v) is 10.2. The van der Waals surface area contributed by atoms with Crippen molar-refractivity contribution in [1.29, 1.82) is 0 Å². The highest BCUT2D eigenvalue weighted by Crippen LogP contribution is 2.37. The lowest BCUT2D eigenvalue weighted by Gasteiger charge is -2.37. The smallest absolute Gasteiger partial charge is 0.0647 e. The highest BCUT2D eigenvalue weighted by atomic mass is 35.5. The summed E-state index contributed by atoms with van der Waals surface area (Å²) in [6.45, 7) is 5.31. The molecule has 1 aromatic rings. The van der Waals surface area contributed by atoms with Crippen LogP contribution in [0.2, 0.25) is 5.02 Å². The number of anilines is 2. The average molecular weight is 225 g/mol. The van der Waals surface area contributed by atoms with Crippen molar-refractivity contribution in [2.24, 2.45) is 0 Å². The lowest BCUT2D eigenvalue weighted by molar-refractivity contribution is 0.621. The fourth-order valence-electron chi connectivity index (χ4n) is 2.24. The molecule has 0 saturated carbocycles. The van der Waals surface area contributed by atoms with E-state index in [9.17, 15) is 0 Å². The Labute approximate surface area is 96.2 Å². The molecule has 3 heteroatoms. The molecule has 1 aromatic carbocycles. The van der Waals surface area contributed by atoms with E-state index in [1.54, 1.807) is 0 Å². The Hall–Kier alpha value is -0.890. The van der Waals surface area contributed by atoms with Gasteiger partial charge in [0.05, 0.1) is 11.4 Å². The molecule has 0 saturated heterocycles. The van der Waals surface area contributed by atoms with Crippen LogP contribution in [0.15, 0.2) is 12.1 Å². The summed E-state index contributed by atoms with van der Waals surface area (Å²) in [5.74, 6) is 0. The van der Waals surface area contributed by atoms with Crippen LogP contribution in [0, 0.1) is 6.92 Å². The van der Waals surface area contributed by atoms with Gasteiger partial charge >= 0.3 is 0 Å². The highest BCUT2D eigenvalue weighted by molar-refractivity contribution is 6.32. The SMILES string of the molecule is CCC1CNc2ccc(Cl)c(C)c2N1C. The Morgan fingerprint density at radius 2 is 2.27 bits per heavy atom. The molecule has 0 aliphatic carbocycles. The number of likely N-dealkylation sites (N-methyl/N-ethyl adjacent to an activating group) is 1. The second kappa shape index (κ2) is 3.93. The van der Waals surface area contributed by atoms with Crippen LogP contribution in [-0.2, 0) is 0 Å². The van der Waals surface area contributed by atoms with E-state index in [2.05, 4.69) is 37.2 Å². The van der Waals surface area contributed by atoms with E-state index < -0.39 is 0 Å². The van der Waals surface area contributed by atoms with Gasteiger partial charge in [0.1, 0.15) is 0 Å². The lowest BCUT2D eigenvalue weighted by atomic mass is 10.0. The maximum atomic E-state index is 6.15. The van der Waals surface area contributed by atoms with Crippen LogP contribution in [0.3, 0.4) is 0 Å². The molecule has 1 heterocycles. The maximum Gasteiger partial charge on any atom is 0.0647 e. The molecule has 2 rings (SSSR count). The van der Waals surface area contributed by atoms with Gasteiger partial charge in [0.2, 0.25) is 0 Å². The molecule has 1 aliphatic rings. The van der Waals surface area contributed by atoms with Gasteiger partial charge in [0, 0.05) is 24.7 Å². The van der Waals surface area contributed by atoms with Crippen LogP contribution < -0.4 is 10.2 Å². The van der Waals surface area contributed by atoms with Crippen LogP contribution in [0.25, 0.3) is 0 Å². The lowest BCUT2D eigenvalue weighted by Crippen LogP contribution is -2.41. The van der Waals surface area contributed by atoms with Gasteiger partial charge in [-0.3, -0.25) is 0 Å². The third-order valence-electron chi connectivity index (χ3n) is 3.26. The molecule has 1 unspecified atom stereocenters. The Balaban J connectivity index is 2.49. The number of fused-ring (bicyclic) bond motifs is 1. The Kier molecular flexibility index (Phi) is 2.79. The van der Waals surface area contributed by atoms with Crippen LogP contribution in [0.1, 0.15) is 18.9 Å². The van der Waals surface area contributed by atoms with Gasteiger partial charge in [-0.15, -0.1) is 0 Å². The molecule has 0 fully saturated rings. The van der Waals surface area contributed by atoms with E-state index in [4.69, 9.17) is 11.6 Å². The molecular formula is C12H17ClN2. The first-order valence-corrected chi connectivity index (χ1v) is 5.78. The summed E-state index contributed by atoms with van der Waals surface area (Å²) in [7, 11) is 2.15. The monoisotopic (exact) mass is 224 g/mol. The van der Waals surface area contributed by atoms with Crippen molar-refractivity contribution in [3.05, 3.63) is 22.7 Å². The van der Waals surface area contributed by atoms with Crippen molar-refractivity contribution in [2.75, 3.05) is 23.8 Å². The van der Waals surface area contributed by atoms with Crippen molar-refractivity contribution in [1.82, 2.24) is 0 Å². The topological polar surface area (TPSA) is 15.3 Å². The molecule has 0 bridgehead atoms. The first-order valence-electron chi connectivity index (χ1n) is 5.41. The van der Waals surface area contributed by atoms with Crippen molar-refractivity contribution in [2.45, 2.75) is 26.3 Å². The standard InChI is InChI=1S/C12H17ClN2/c1-4-9-7-14-11-6-5-10(13)8(2)12(11)15(9)3/h5-6,9,14H,4,7H2,1-3H3. The summed E-state index contributed by atoms with van der Waals surface area (Å²) in [6, 6.07) is 4.59. The summed E-state index contributed by atoms with van der Waals surface area (Å²) < 4.78 is 0. The summed E-state index contributed by atoms with van der Waals surface area (Å²) in [4.78, 5) is 2.34. The number of hydrogen-bond acceptors (Lipinski definition) is 2. The number of halogens is 1. The molecular weight excluding hydrogens is 208 g/mol. The first-order chi connectivity index (χ1) is 7.15. The van der Waals surface area contributed by atoms with Gasteiger partial charge in [0.25, 0.3) is 0 Å². The summed E-state index contributed by atoms with van der Waals surface area (Å²) in [6.07, 6.45) is 1.15. The molecule has 82 valence electrons. The van der Waals surface area contributed by atoms with Crippen molar-refractivity contribution in [3.8, 4) is 0 Å². The maximum absolute atomic E-state index is 6.15. The molecule has 1 N–H and O–H groups in total. The van der Waals surface area contributed by atoms with Gasteiger partial charge in [-0.25, -0.2) is 0 Å². The van der Waals surface area contributed by atoms with E-state index in [1.807, 2.05) is 6.07 Å². The number of nitrogens with zero attached hydrogens (tertiary/aromatic N) is 1. The third-order valence-corrected chi connectivity index (χ3v) is 3.67. The van der Waals surface area contributed by atoms with Gasteiger partial charge in [-0.05, 0) is 31.0 Å². The van der Waals surface area contributed by atoms with Crippen molar-refractivity contribution >= 4 is 23.0 Å². The number of benzene rings is 1. The quantitative estimate of drug-likeness (QED) is 0.788. The Morgan fingerprint density at radius 1 is 1.53 bits per heavy atom. The molecule has 1 aliphatic heterocycles. The second-order valence-corrected chi connectivity index (χ2v) is 4.53. The minimum atomic E-state index is 0.565. The van der Waals surface area contributed by atoms with E-state index >= 15 is 0 Å². The van der Waals surface area contributed by atoms with E-state index in [1.165, 1.54) is 16.9 Å². The molecule has 1 atom stereocenters. The Morgan fingerprint density at radius 3 is 2.93 bits per heavy atom. The predicted molar refractivity (Wildman–Crippen MR) is 67.2 cm³/mol. The highest BCUT2D eigenvalue weighted by Gasteiger charge is 2.23. The van der Waals surface area contributed by atoms with Gasteiger partial charge in [-0.2, -0.15) is 0 Å². The molecule has 15 heavy (non-hydrogen) atoms. The van der Waals surface area contributed by atoms with Crippen LogP contribution in [0.5, 0.6) is 0 Å². The van der Waals surface area contributed by atoms with E-state index in [0.29, 0.717) is 6.04 Å². The Bertz CT molecular complexity index is 376. The van der Waals surface area contributed by atoms with Crippen molar-refractivity contribution in [3.63, 3.8) is 0 Å². The summed E-state index contributed by atoms with van der Waals surface area (Å²) in [5.41, 5.74) is 3.62. The first kappa shape index (κ1) is 10.6. The molecule has 0 aromatic heterocycles. The predicted octanol–water partition coefficient (Wildman–Crippen LogP) is 3.29. The summed E-state index contributed by atoms with van der Waals surface area (Å²) >= 11 is 6.15. The molecule has 2 nitrogen and oxygen atoms in total. The normalized spacial score (nSPS) is 19.7.